The number of anilines is 2. The Bertz CT molecular complexity index is 522. The normalized spacial score (nSPS) is 10.7. The first kappa shape index (κ1) is 14.0. The second-order valence-corrected chi connectivity index (χ2v) is 5.27. The van der Waals surface area contributed by atoms with Crippen LogP contribution in [0.1, 0.15) is 25.1 Å². The minimum Gasteiger partial charge on any atom is -0.318 e. The van der Waals surface area contributed by atoms with E-state index in [9.17, 15) is 0 Å². The predicted molar refractivity (Wildman–Crippen MR) is 83.4 cm³/mol. The van der Waals surface area contributed by atoms with Gasteiger partial charge in [0.1, 0.15) is 0 Å². The molecule has 0 fully saturated rings. The first-order valence-corrected chi connectivity index (χ1v) is 7.62. The lowest BCUT2D eigenvalue weighted by molar-refractivity contribution is 0.714. The minimum absolute atomic E-state index is 0.846. The molecule has 0 amide bonds. The van der Waals surface area contributed by atoms with Crippen molar-refractivity contribution in [3.8, 4) is 0 Å². The van der Waals surface area contributed by atoms with E-state index >= 15 is 0 Å². The van der Waals surface area contributed by atoms with Crippen molar-refractivity contribution >= 4 is 22.2 Å². The summed E-state index contributed by atoms with van der Waals surface area (Å²) in [5, 5.41) is 6.52. The molecule has 1 heterocycles. The third kappa shape index (κ3) is 3.33. The van der Waals surface area contributed by atoms with E-state index in [-0.39, 0.29) is 0 Å². The Morgan fingerprint density at radius 2 is 2.05 bits per heavy atom. The van der Waals surface area contributed by atoms with E-state index < -0.39 is 0 Å². The summed E-state index contributed by atoms with van der Waals surface area (Å²) in [4.78, 5) is 6.99. The Morgan fingerprint density at radius 1 is 1.26 bits per heavy atom. The molecule has 2 aromatic rings. The van der Waals surface area contributed by atoms with E-state index in [2.05, 4.69) is 60.6 Å². The minimum atomic E-state index is 0.846. The molecule has 0 saturated heterocycles. The van der Waals surface area contributed by atoms with Crippen LogP contribution in [0, 0.1) is 6.92 Å². The summed E-state index contributed by atoms with van der Waals surface area (Å²) >= 11 is 1.71. The molecule has 0 spiro atoms. The molecular weight excluding hydrogens is 254 g/mol. The van der Waals surface area contributed by atoms with Crippen molar-refractivity contribution in [3.05, 3.63) is 40.9 Å². The summed E-state index contributed by atoms with van der Waals surface area (Å²) in [6, 6.07) is 8.46. The highest BCUT2D eigenvalue weighted by Gasteiger charge is 2.13. The second kappa shape index (κ2) is 6.68. The van der Waals surface area contributed by atoms with Gasteiger partial charge in [0, 0.05) is 24.2 Å². The Labute approximate surface area is 119 Å². The quantitative estimate of drug-likeness (QED) is 0.871. The molecule has 102 valence electrons. The number of benzene rings is 1. The van der Waals surface area contributed by atoms with Crippen LogP contribution in [-0.2, 0) is 6.54 Å². The zero-order valence-electron chi connectivity index (χ0n) is 11.8. The van der Waals surface area contributed by atoms with Crippen molar-refractivity contribution in [1.82, 2.24) is 10.3 Å². The highest BCUT2D eigenvalue weighted by atomic mass is 32.1. The third-order valence-electron chi connectivity index (χ3n) is 3.05. The molecule has 3 nitrogen and oxygen atoms in total. The lowest BCUT2D eigenvalue weighted by Gasteiger charge is -2.21. The van der Waals surface area contributed by atoms with E-state index in [0.29, 0.717) is 0 Å². The van der Waals surface area contributed by atoms with Crippen molar-refractivity contribution in [2.75, 3.05) is 18.0 Å². The second-order valence-electron chi connectivity index (χ2n) is 4.43. The van der Waals surface area contributed by atoms with Crippen LogP contribution in [0.25, 0.3) is 0 Å². The summed E-state index contributed by atoms with van der Waals surface area (Å²) in [6.07, 6.45) is 0. The van der Waals surface area contributed by atoms with Gasteiger partial charge < -0.3 is 10.2 Å². The zero-order chi connectivity index (χ0) is 13.7. The maximum atomic E-state index is 4.72. The Balaban J connectivity index is 2.22. The fraction of sp³-hybridized carbons (Fsp3) is 0.400. The van der Waals surface area contributed by atoms with Gasteiger partial charge in [-0.3, -0.25) is 0 Å². The van der Waals surface area contributed by atoms with Gasteiger partial charge >= 0.3 is 0 Å². The molecule has 0 atom stereocenters. The molecule has 1 N–H and O–H groups in total. The van der Waals surface area contributed by atoms with Crippen molar-refractivity contribution in [1.29, 1.82) is 0 Å². The van der Waals surface area contributed by atoms with Crippen LogP contribution >= 0.6 is 11.3 Å². The molecule has 0 aliphatic heterocycles. The van der Waals surface area contributed by atoms with E-state index in [4.69, 9.17) is 4.98 Å². The van der Waals surface area contributed by atoms with E-state index in [0.717, 1.165) is 30.5 Å². The fourth-order valence-corrected chi connectivity index (χ4v) is 2.93. The number of hydrogen-bond donors (Lipinski definition) is 1. The van der Waals surface area contributed by atoms with Crippen LogP contribution in [0.5, 0.6) is 0 Å². The summed E-state index contributed by atoms with van der Waals surface area (Å²) in [7, 11) is 0. The topological polar surface area (TPSA) is 28.2 Å². The molecule has 0 bridgehead atoms. The van der Waals surface area contributed by atoms with Crippen molar-refractivity contribution in [3.63, 3.8) is 0 Å². The van der Waals surface area contributed by atoms with Gasteiger partial charge in [-0.15, -0.1) is 11.3 Å². The molecule has 4 heteroatoms. The van der Waals surface area contributed by atoms with Crippen LogP contribution in [0.4, 0.5) is 10.8 Å². The van der Waals surface area contributed by atoms with Crippen LogP contribution < -0.4 is 10.2 Å². The van der Waals surface area contributed by atoms with Gasteiger partial charge in [-0.05, 0) is 32.0 Å². The number of para-hydroxylation sites is 1. The smallest absolute Gasteiger partial charge is 0.190 e. The van der Waals surface area contributed by atoms with Crippen LogP contribution in [0.3, 0.4) is 0 Å². The average Bonchev–Trinajstić information content (AvgIpc) is 2.88. The van der Waals surface area contributed by atoms with Crippen molar-refractivity contribution in [2.45, 2.75) is 27.3 Å². The summed E-state index contributed by atoms with van der Waals surface area (Å²) < 4.78 is 0. The van der Waals surface area contributed by atoms with Crippen LogP contribution in [-0.4, -0.2) is 18.1 Å². The molecule has 1 aromatic carbocycles. The Kier molecular flexibility index (Phi) is 4.93. The van der Waals surface area contributed by atoms with Crippen LogP contribution in [0.2, 0.25) is 0 Å². The lowest BCUT2D eigenvalue weighted by Crippen LogP contribution is -2.17. The molecular formula is C15H21N3S. The first-order valence-electron chi connectivity index (χ1n) is 6.74. The molecule has 0 aliphatic carbocycles. The van der Waals surface area contributed by atoms with Gasteiger partial charge in [0.05, 0.1) is 5.69 Å². The lowest BCUT2D eigenvalue weighted by atomic mass is 10.2. The summed E-state index contributed by atoms with van der Waals surface area (Å²) in [5.74, 6) is 0. The van der Waals surface area contributed by atoms with Gasteiger partial charge in [0.2, 0.25) is 0 Å². The zero-order valence-corrected chi connectivity index (χ0v) is 12.6. The maximum absolute atomic E-state index is 4.72. The number of nitrogens with one attached hydrogen (secondary N) is 1. The molecule has 0 unspecified atom stereocenters. The van der Waals surface area contributed by atoms with E-state index in [1.807, 2.05) is 0 Å². The maximum Gasteiger partial charge on any atom is 0.190 e. The summed E-state index contributed by atoms with van der Waals surface area (Å²) in [5.41, 5.74) is 3.65. The number of thiazole rings is 1. The number of aromatic nitrogens is 1. The monoisotopic (exact) mass is 275 g/mol. The van der Waals surface area contributed by atoms with Crippen molar-refractivity contribution in [2.24, 2.45) is 0 Å². The highest BCUT2D eigenvalue weighted by molar-refractivity contribution is 7.13. The Morgan fingerprint density at radius 3 is 2.74 bits per heavy atom. The first-order chi connectivity index (χ1) is 9.26. The van der Waals surface area contributed by atoms with E-state index in [1.165, 1.54) is 11.3 Å². The van der Waals surface area contributed by atoms with Crippen LogP contribution in [0.15, 0.2) is 29.6 Å². The van der Waals surface area contributed by atoms with Gasteiger partial charge in [-0.2, -0.15) is 0 Å². The standard InChI is InChI=1S/C15H21N3S/c1-4-16-10-13-11-19-15(17-13)18(5-2)14-9-7-6-8-12(14)3/h6-9,11,16H,4-5,10H2,1-3H3. The number of nitrogens with zero attached hydrogens (tertiary/aromatic N) is 2. The third-order valence-corrected chi connectivity index (χ3v) is 3.96. The van der Waals surface area contributed by atoms with E-state index in [1.54, 1.807) is 11.3 Å². The molecule has 19 heavy (non-hydrogen) atoms. The van der Waals surface area contributed by atoms with Crippen molar-refractivity contribution < 1.29 is 0 Å². The average molecular weight is 275 g/mol. The van der Waals surface area contributed by atoms with Gasteiger partial charge in [0.25, 0.3) is 0 Å². The van der Waals surface area contributed by atoms with Gasteiger partial charge in [0.15, 0.2) is 5.13 Å². The SMILES string of the molecule is CCNCc1csc(N(CC)c2ccccc2C)n1. The number of rotatable bonds is 6. The highest BCUT2D eigenvalue weighted by Crippen LogP contribution is 2.30. The number of aryl methyl sites for hydroxylation is 1. The summed E-state index contributed by atoms with van der Waals surface area (Å²) in [6.45, 7) is 9.17. The largest absolute Gasteiger partial charge is 0.318 e. The molecule has 0 aliphatic rings. The van der Waals surface area contributed by atoms with Gasteiger partial charge in [-0.1, -0.05) is 25.1 Å². The Hall–Kier alpha value is -1.39. The molecule has 0 saturated carbocycles. The number of hydrogen-bond acceptors (Lipinski definition) is 4. The molecule has 2 rings (SSSR count). The fourth-order valence-electron chi connectivity index (χ4n) is 2.03. The molecule has 1 aromatic heterocycles. The van der Waals surface area contributed by atoms with Gasteiger partial charge in [-0.25, -0.2) is 4.98 Å². The predicted octanol–water partition coefficient (Wildman–Crippen LogP) is 3.72. The molecule has 0 radical (unpaired) electrons.